The van der Waals surface area contributed by atoms with E-state index in [1.54, 1.807) is 0 Å². The summed E-state index contributed by atoms with van der Waals surface area (Å²) in [5.41, 5.74) is -0.315. The van der Waals surface area contributed by atoms with Crippen LogP contribution in [0.2, 0.25) is 0 Å². The molecule has 0 unspecified atom stereocenters. The minimum absolute atomic E-state index is 0.119. The number of aliphatic hydroxyl groups is 1. The first-order chi connectivity index (χ1) is 14.3. The van der Waals surface area contributed by atoms with Gasteiger partial charge in [0.2, 0.25) is 0 Å². The summed E-state index contributed by atoms with van der Waals surface area (Å²) >= 11 is 0. The summed E-state index contributed by atoms with van der Waals surface area (Å²) in [4.78, 5) is 0. The van der Waals surface area contributed by atoms with Gasteiger partial charge in [-0.3, -0.25) is 0 Å². The van der Waals surface area contributed by atoms with Crippen molar-refractivity contribution in [1.29, 1.82) is 0 Å². The summed E-state index contributed by atoms with van der Waals surface area (Å²) in [6, 6.07) is 0.806. The van der Waals surface area contributed by atoms with E-state index in [4.69, 9.17) is 4.74 Å². The van der Waals surface area contributed by atoms with E-state index >= 15 is 0 Å². The number of halogens is 4. The number of hydrogen-bond acceptors (Lipinski definition) is 6. The molecule has 0 spiro atoms. The normalized spacial score (nSPS) is 21.9. The number of nitrogens with zero attached hydrogens (tertiary/aromatic N) is 2. The van der Waals surface area contributed by atoms with Crippen LogP contribution in [0.5, 0.6) is 5.75 Å². The predicted molar refractivity (Wildman–Crippen MR) is 99.3 cm³/mol. The van der Waals surface area contributed by atoms with E-state index in [1.165, 1.54) is 0 Å². The van der Waals surface area contributed by atoms with Gasteiger partial charge in [0.05, 0.1) is 30.9 Å². The second-order valence-electron chi connectivity index (χ2n) is 7.61. The molecule has 2 atom stereocenters. The molecule has 2 aromatic rings. The molecule has 6 nitrogen and oxygen atoms in total. The van der Waals surface area contributed by atoms with E-state index in [0.29, 0.717) is 48.5 Å². The average Bonchev–Trinajstić information content (AvgIpc) is 2.71. The van der Waals surface area contributed by atoms with Crippen molar-refractivity contribution >= 4 is 5.82 Å². The van der Waals surface area contributed by atoms with Crippen LogP contribution in [0.4, 0.5) is 23.4 Å². The molecule has 0 radical (unpaired) electrons. The third-order valence-corrected chi connectivity index (χ3v) is 5.63. The van der Waals surface area contributed by atoms with Gasteiger partial charge < -0.3 is 20.3 Å². The fourth-order valence-corrected chi connectivity index (χ4v) is 4.04. The SMILES string of the molecule is Oc1cc(C(F)(F)F)c(F)cc1-c1nnc(N[C@@H]2CCCC[C@H]2O)c2c1CCOC2. The molecule has 1 aromatic heterocycles. The van der Waals surface area contributed by atoms with Gasteiger partial charge in [-0.1, -0.05) is 12.8 Å². The highest BCUT2D eigenvalue weighted by Crippen LogP contribution is 2.40. The summed E-state index contributed by atoms with van der Waals surface area (Å²) in [6.07, 6.45) is -1.70. The topological polar surface area (TPSA) is 87.5 Å². The first-order valence-corrected chi connectivity index (χ1v) is 9.76. The number of alkyl halides is 3. The summed E-state index contributed by atoms with van der Waals surface area (Å²) in [5.74, 6) is -1.80. The van der Waals surface area contributed by atoms with Gasteiger partial charge in [0, 0.05) is 11.1 Å². The molecule has 3 N–H and O–H groups in total. The molecule has 2 heterocycles. The van der Waals surface area contributed by atoms with Crippen LogP contribution in [-0.4, -0.2) is 39.2 Å². The lowest BCUT2D eigenvalue weighted by molar-refractivity contribution is -0.140. The smallest absolute Gasteiger partial charge is 0.419 e. The van der Waals surface area contributed by atoms with Gasteiger partial charge in [0.15, 0.2) is 5.82 Å². The molecular weight excluding hydrogens is 406 g/mol. The first-order valence-electron chi connectivity index (χ1n) is 9.76. The Morgan fingerprint density at radius 1 is 1.10 bits per heavy atom. The Labute approximate surface area is 169 Å². The van der Waals surface area contributed by atoms with Gasteiger partial charge in [-0.05, 0) is 37.0 Å². The van der Waals surface area contributed by atoms with Gasteiger partial charge in [-0.2, -0.15) is 13.2 Å². The number of aromatic nitrogens is 2. The van der Waals surface area contributed by atoms with E-state index in [1.807, 2.05) is 0 Å². The zero-order chi connectivity index (χ0) is 21.5. The third kappa shape index (κ3) is 3.93. The number of phenolic OH excluding ortho intramolecular Hbond substituents is 1. The van der Waals surface area contributed by atoms with E-state index in [0.717, 1.165) is 19.3 Å². The molecule has 1 aliphatic carbocycles. The molecule has 1 aliphatic heterocycles. The number of aliphatic hydroxyl groups excluding tert-OH is 1. The number of fused-ring (bicyclic) bond motifs is 1. The number of aromatic hydroxyl groups is 1. The Morgan fingerprint density at radius 2 is 1.87 bits per heavy atom. The maximum absolute atomic E-state index is 14.1. The van der Waals surface area contributed by atoms with Gasteiger partial charge in [-0.15, -0.1) is 10.2 Å². The predicted octanol–water partition coefficient (Wildman–Crippen LogP) is 3.80. The molecule has 1 saturated carbocycles. The van der Waals surface area contributed by atoms with Gasteiger partial charge in [0.25, 0.3) is 0 Å². The summed E-state index contributed by atoms with van der Waals surface area (Å²) in [5, 5.41) is 31.8. The van der Waals surface area contributed by atoms with Crippen LogP contribution in [0.1, 0.15) is 42.4 Å². The number of rotatable bonds is 3. The Hall–Kier alpha value is -2.46. The average molecular weight is 427 g/mol. The minimum Gasteiger partial charge on any atom is -0.507 e. The molecule has 2 aliphatic rings. The van der Waals surface area contributed by atoms with Crippen molar-refractivity contribution in [3.63, 3.8) is 0 Å². The highest BCUT2D eigenvalue weighted by Gasteiger charge is 2.36. The maximum atomic E-state index is 14.1. The summed E-state index contributed by atoms with van der Waals surface area (Å²) in [6.45, 7) is 0.536. The van der Waals surface area contributed by atoms with Crippen molar-refractivity contribution in [1.82, 2.24) is 10.2 Å². The number of hydrogen-bond donors (Lipinski definition) is 3. The van der Waals surface area contributed by atoms with Crippen LogP contribution in [0.25, 0.3) is 11.3 Å². The fraction of sp³-hybridized carbons (Fsp3) is 0.500. The van der Waals surface area contributed by atoms with Crippen LogP contribution in [0.15, 0.2) is 12.1 Å². The van der Waals surface area contributed by atoms with Crippen LogP contribution in [-0.2, 0) is 23.9 Å². The van der Waals surface area contributed by atoms with Crippen LogP contribution in [0, 0.1) is 5.82 Å². The Bertz CT molecular complexity index is 952. The molecule has 0 amide bonds. The van der Waals surface area contributed by atoms with Crippen LogP contribution in [0.3, 0.4) is 0 Å². The van der Waals surface area contributed by atoms with Crippen molar-refractivity contribution in [2.24, 2.45) is 0 Å². The molecule has 1 aromatic carbocycles. The Morgan fingerprint density at radius 3 is 2.60 bits per heavy atom. The highest BCUT2D eigenvalue weighted by atomic mass is 19.4. The van der Waals surface area contributed by atoms with Crippen molar-refractivity contribution < 1.29 is 32.5 Å². The van der Waals surface area contributed by atoms with E-state index < -0.39 is 29.4 Å². The Kier molecular flexibility index (Phi) is 5.54. The third-order valence-electron chi connectivity index (χ3n) is 5.63. The van der Waals surface area contributed by atoms with Crippen LogP contribution < -0.4 is 5.32 Å². The molecule has 162 valence electrons. The second kappa shape index (κ2) is 7.99. The standard InChI is InChI=1S/C20H21F4N3O3/c21-14-7-11(17(29)8-13(14)20(22,23)24)18-10-5-6-30-9-12(10)19(27-26-18)25-15-3-1-2-4-16(15)28/h7-8,15-16,28-29H,1-6,9H2,(H,25,27)/t15-,16-/m1/s1. The molecule has 4 rings (SSSR count). The van der Waals surface area contributed by atoms with Crippen molar-refractivity contribution in [3.05, 3.63) is 34.6 Å². The fourth-order valence-electron chi connectivity index (χ4n) is 4.04. The molecule has 0 saturated heterocycles. The van der Waals surface area contributed by atoms with Crippen molar-refractivity contribution in [3.8, 4) is 17.0 Å². The molecule has 10 heteroatoms. The quantitative estimate of drug-likeness (QED) is 0.646. The molecule has 0 bridgehead atoms. The lowest BCUT2D eigenvalue weighted by Gasteiger charge is -2.30. The van der Waals surface area contributed by atoms with Gasteiger partial charge in [-0.25, -0.2) is 4.39 Å². The van der Waals surface area contributed by atoms with Crippen molar-refractivity contribution in [2.75, 3.05) is 11.9 Å². The minimum atomic E-state index is -4.92. The molecular formula is C20H21F4N3O3. The first kappa shape index (κ1) is 20.8. The number of nitrogens with one attached hydrogen (secondary N) is 1. The van der Waals surface area contributed by atoms with Crippen molar-refractivity contribution in [2.45, 2.75) is 57.0 Å². The lowest BCUT2D eigenvalue weighted by Crippen LogP contribution is -2.37. The molecule has 30 heavy (non-hydrogen) atoms. The van der Waals surface area contributed by atoms with E-state index in [-0.39, 0.29) is 23.9 Å². The number of anilines is 1. The van der Waals surface area contributed by atoms with Crippen LogP contribution >= 0.6 is 0 Å². The lowest BCUT2D eigenvalue weighted by atomic mass is 9.92. The summed E-state index contributed by atoms with van der Waals surface area (Å²) in [7, 11) is 0. The van der Waals surface area contributed by atoms with E-state index in [9.17, 15) is 27.8 Å². The summed E-state index contributed by atoms with van der Waals surface area (Å²) < 4.78 is 58.4. The zero-order valence-electron chi connectivity index (χ0n) is 16.0. The largest absolute Gasteiger partial charge is 0.507 e. The zero-order valence-corrected chi connectivity index (χ0v) is 16.0. The van der Waals surface area contributed by atoms with Gasteiger partial charge >= 0.3 is 6.18 Å². The number of phenols is 1. The highest BCUT2D eigenvalue weighted by molar-refractivity contribution is 5.73. The second-order valence-corrected chi connectivity index (χ2v) is 7.61. The van der Waals surface area contributed by atoms with Gasteiger partial charge in [0.1, 0.15) is 17.3 Å². The number of ether oxygens (including phenoxy) is 1. The monoisotopic (exact) mass is 427 g/mol. The molecule has 1 fully saturated rings. The Balaban J connectivity index is 1.74. The maximum Gasteiger partial charge on any atom is 0.419 e. The van der Waals surface area contributed by atoms with E-state index in [2.05, 4.69) is 15.5 Å². The number of benzene rings is 1.